The topological polar surface area (TPSA) is 76.9 Å². The van der Waals surface area contributed by atoms with Gasteiger partial charge >= 0.3 is 0 Å². The Hall–Kier alpha value is -2.80. The second-order valence-corrected chi connectivity index (χ2v) is 8.15. The van der Waals surface area contributed by atoms with E-state index >= 15 is 0 Å². The van der Waals surface area contributed by atoms with Gasteiger partial charge in [0.1, 0.15) is 5.82 Å². The molecule has 0 spiro atoms. The second-order valence-electron chi connectivity index (χ2n) is 6.69. The van der Waals surface area contributed by atoms with Crippen LogP contribution in [0.15, 0.2) is 36.4 Å². The highest BCUT2D eigenvalue weighted by atomic mass is 32.1. The van der Waals surface area contributed by atoms with E-state index in [1.165, 1.54) is 0 Å². The van der Waals surface area contributed by atoms with Gasteiger partial charge in [-0.15, -0.1) is 11.3 Å². The lowest BCUT2D eigenvalue weighted by atomic mass is 10.1. The molecule has 0 aliphatic rings. The zero-order chi connectivity index (χ0) is 20.1. The molecule has 0 unspecified atom stereocenters. The number of carbonyl (C=O) groups excluding carboxylic acids is 2. The summed E-state index contributed by atoms with van der Waals surface area (Å²) in [7, 11) is 1.85. The van der Waals surface area contributed by atoms with Crippen molar-refractivity contribution in [2.45, 2.75) is 33.1 Å². The standard InChI is InChI=1S/C21H24N4O2S/c1-14-13-17(15(2)28-14)18(26)9-10-20(27)22-12-11-19-23-21(24-25(19)3)16-7-5-4-6-8-16/h4-8,13H,9-12H2,1-3H3,(H,22,27). The number of nitrogens with one attached hydrogen (secondary N) is 1. The van der Waals surface area contributed by atoms with Crippen LogP contribution in [0, 0.1) is 13.8 Å². The second kappa shape index (κ2) is 8.93. The number of thiophene rings is 1. The van der Waals surface area contributed by atoms with Crippen molar-refractivity contribution >= 4 is 23.0 Å². The molecular formula is C21H24N4O2S. The Bertz CT molecular complexity index is 976. The smallest absolute Gasteiger partial charge is 0.220 e. The summed E-state index contributed by atoms with van der Waals surface area (Å²) < 4.78 is 1.74. The molecule has 7 heteroatoms. The first-order valence-corrected chi connectivity index (χ1v) is 10.1. The highest BCUT2D eigenvalue weighted by molar-refractivity contribution is 7.12. The molecule has 2 aromatic heterocycles. The number of nitrogens with zero attached hydrogens (tertiary/aromatic N) is 3. The largest absolute Gasteiger partial charge is 0.356 e. The highest BCUT2D eigenvalue weighted by Gasteiger charge is 2.14. The Kier molecular flexibility index (Phi) is 6.36. The summed E-state index contributed by atoms with van der Waals surface area (Å²) >= 11 is 1.61. The van der Waals surface area contributed by atoms with Crippen LogP contribution in [0.2, 0.25) is 0 Å². The molecule has 2 heterocycles. The van der Waals surface area contributed by atoms with Crippen LogP contribution >= 0.6 is 11.3 Å². The molecule has 0 saturated heterocycles. The first-order chi connectivity index (χ1) is 13.4. The fraction of sp³-hybridized carbons (Fsp3) is 0.333. The van der Waals surface area contributed by atoms with Gasteiger partial charge in [0.25, 0.3) is 0 Å². The van der Waals surface area contributed by atoms with Crippen molar-refractivity contribution in [2.24, 2.45) is 7.05 Å². The Morgan fingerprint density at radius 1 is 1.14 bits per heavy atom. The molecule has 3 aromatic rings. The maximum absolute atomic E-state index is 12.3. The molecule has 28 heavy (non-hydrogen) atoms. The highest BCUT2D eigenvalue weighted by Crippen LogP contribution is 2.22. The van der Waals surface area contributed by atoms with Crippen molar-refractivity contribution in [2.75, 3.05) is 6.54 Å². The zero-order valence-electron chi connectivity index (χ0n) is 16.4. The van der Waals surface area contributed by atoms with Crippen LogP contribution in [-0.2, 0) is 18.3 Å². The molecule has 0 radical (unpaired) electrons. The molecule has 0 bridgehead atoms. The number of aromatic nitrogens is 3. The number of Topliss-reactive ketones (excluding diaryl/α,β-unsaturated/α-hetero) is 1. The van der Waals surface area contributed by atoms with Crippen molar-refractivity contribution < 1.29 is 9.59 Å². The van der Waals surface area contributed by atoms with Gasteiger partial charge < -0.3 is 5.32 Å². The van der Waals surface area contributed by atoms with Gasteiger partial charge in [0.15, 0.2) is 11.6 Å². The van der Waals surface area contributed by atoms with E-state index in [1.54, 1.807) is 16.0 Å². The van der Waals surface area contributed by atoms with Crippen LogP contribution in [0.1, 0.15) is 38.8 Å². The van der Waals surface area contributed by atoms with Gasteiger partial charge in [-0.25, -0.2) is 4.98 Å². The number of hydrogen-bond acceptors (Lipinski definition) is 5. The first kappa shape index (κ1) is 19.9. The lowest BCUT2D eigenvalue weighted by molar-refractivity contribution is -0.121. The third-order valence-electron chi connectivity index (χ3n) is 4.48. The molecule has 1 amide bonds. The monoisotopic (exact) mass is 396 g/mol. The summed E-state index contributed by atoms with van der Waals surface area (Å²) in [4.78, 5) is 31.0. The Morgan fingerprint density at radius 3 is 2.57 bits per heavy atom. The molecule has 1 aromatic carbocycles. The number of carbonyl (C=O) groups is 2. The molecule has 0 fully saturated rings. The molecule has 0 aliphatic carbocycles. The van der Waals surface area contributed by atoms with Gasteiger partial charge in [-0.2, -0.15) is 5.10 Å². The summed E-state index contributed by atoms with van der Waals surface area (Å²) in [6.45, 7) is 4.39. The quantitative estimate of drug-likeness (QED) is 0.592. The molecule has 146 valence electrons. The van der Waals surface area contributed by atoms with Crippen LogP contribution in [0.5, 0.6) is 0 Å². The molecule has 0 saturated carbocycles. The van der Waals surface area contributed by atoms with Crippen molar-refractivity contribution in [3.05, 3.63) is 57.5 Å². The summed E-state index contributed by atoms with van der Waals surface area (Å²) in [5.41, 5.74) is 1.70. The van der Waals surface area contributed by atoms with E-state index in [-0.39, 0.29) is 24.5 Å². The maximum Gasteiger partial charge on any atom is 0.220 e. The lowest BCUT2D eigenvalue weighted by Gasteiger charge is -2.05. The molecule has 3 rings (SSSR count). The summed E-state index contributed by atoms with van der Waals surface area (Å²) in [5.74, 6) is 1.39. The zero-order valence-corrected chi connectivity index (χ0v) is 17.2. The number of ketones is 1. The maximum atomic E-state index is 12.3. The summed E-state index contributed by atoms with van der Waals surface area (Å²) in [6.07, 6.45) is 1.01. The fourth-order valence-electron chi connectivity index (χ4n) is 3.02. The van der Waals surface area contributed by atoms with Crippen molar-refractivity contribution in [3.63, 3.8) is 0 Å². The third-order valence-corrected chi connectivity index (χ3v) is 5.44. The lowest BCUT2D eigenvalue weighted by Crippen LogP contribution is -2.26. The Labute approximate surface area is 168 Å². The SMILES string of the molecule is Cc1cc(C(=O)CCC(=O)NCCc2nc(-c3ccccc3)nn2C)c(C)s1. The number of amides is 1. The normalized spacial score (nSPS) is 10.8. The minimum atomic E-state index is -0.122. The van der Waals surface area contributed by atoms with Gasteiger partial charge in [0, 0.05) is 53.7 Å². The fourth-order valence-corrected chi connectivity index (χ4v) is 3.96. The van der Waals surface area contributed by atoms with Gasteiger partial charge in [-0.3, -0.25) is 14.3 Å². The third kappa shape index (κ3) is 4.92. The van der Waals surface area contributed by atoms with Crippen molar-refractivity contribution in [1.82, 2.24) is 20.1 Å². The predicted molar refractivity (Wildman–Crippen MR) is 111 cm³/mol. The van der Waals surface area contributed by atoms with Gasteiger partial charge in [-0.05, 0) is 19.9 Å². The summed E-state index contributed by atoms with van der Waals surface area (Å²) in [6, 6.07) is 11.7. The van der Waals surface area contributed by atoms with E-state index < -0.39 is 0 Å². The molecule has 0 atom stereocenters. The van der Waals surface area contributed by atoms with Crippen LogP contribution in [0.4, 0.5) is 0 Å². The van der Waals surface area contributed by atoms with Gasteiger partial charge in [0.2, 0.25) is 5.91 Å². The number of benzene rings is 1. The molecule has 6 nitrogen and oxygen atoms in total. The van der Waals surface area contributed by atoms with Crippen molar-refractivity contribution in [3.8, 4) is 11.4 Å². The van der Waals surface area contributed by atoms with Crippen LogP contribution in [0.3, 0.4) is 0 Å². The number of aryl methyl sites for hydroxylation is 3. The number of hydrogen-bond donors (Lipinski definition) is 1. The van der Waals surface area contributed by atoms with Gasteiger partial charge in [-0.1, -0.05) is 30.3 Å². The van der Waals surface area contributed by atoms with E-state index in [0.29, 0.717) is 18.8 Å². The van der Waals surface area contributed by atoms with Crippen LogP contribution < -0.4 is 5.32 Å². The average molecular weight is 397 g/mol. The molecule has 0 aliphatic heterocycles. The van der Waals surface area contributed by atoms with Crippen LogP contribution in [-0.4, -0.2) is 33.0 Å². The van der Waals surface area contributed by atoms with E-state index in [4.69, 9.17) is 0 Å². The predicted octanol–water partition coefficient (Wildman–Crippen LogP) is 3.48. The van der Waals surface area contributed by atoms with E-state index in [2.05, 4.69) is 15.4 Å². The van der Waals surface area contributed by atoms with Crippen molar-refractivity contribution in [1.29, 1.82) is 0 Å². The molecule has 1 N–H and O–H groups in total. The Morgan fingerprint density at radius 2 is 1.89 bits per heavy atom. The average Bonchev–Trinajstić information content (AvgIpc) is 3.22. The number of rotatable bonds is 8. The van der Waals surface area contributed by atoms with Gasteiger partial charge in [0.05, 0.1) is 0 Å². The Balaban J connectivity index is 1.46. The molecular weight excluding hydrogens is 372 g/mol. The minimum absolute atomic E-state index is 0.0257. The van der Waals surface area contributed by atoms with Crippen LogP contribution in [0.25, 0.3) is 11.4 Å². The summed E-state index contributed by atoms with van der Waals surface area (Å²) in [5, 5.41) is 7.30. The first-order valence-electron chi connectivity index (χ1n) is 9.26. The van der Waals surface area contributed by atoms with E-state index in [0.717, 1.165) is 26.7 Å². The van der Waals surface area contributed by atoms with E-state index in [1.807, 2.05) is 57.3 Å². The minimum Gasteiger partial charge on any atom is -0.356 e. The van der Waals surface area contributed by atoms with E-state index in [9.17, 15) is 9.59 Å².